The van der Waals surface area contributed by atoms with Gasteiger partial charge in [-0.25, -0.2) is 0 Å². The lowest BCUT2D eigenvalue weighted by Crippen LogP contribution is -2.26. The number of rotatable bonds is 1. The summed E-state index contributed by atoms with van der Waals surface area (Å²) in [7, 11) is 0. The molecule has 0 aliphatic rings. The van der Waals surface area contributed by atoms with Crippen molar-refractivity contribution in [1.29, 1.82) is 0 Å². The zero-order chi connectivity index (χ0) is 20.1. The maximum Gasteiger partial charge on any atom is 0.119 e. The predicted molar refractivity (Wildman–Crippen MR) is 111 cm³/mol. The molecular weight excluding hydrogens is 320 g/mol. The third-order valence-electron chi connectivity index (χ3n) is 4.77. The molecule has 142 valence electrons. The summed E-state index contributed by atoms with van der Waals surface area (Å²) in [5.41, 5.74) is 5.10. The fraction of sp³-hybridized carbons (Fsp3) is 0.500. The average Bonchev–Trinajstić information content (AvgIpc) is 2.44. The molecule has 0 aliphatic heterocycles. The third kappa shape index (κ3) is 3.90. The normalized spacial score (nSPS) is 13.1. The molecule has 2 nitrogen and oxygen atoms in total. The van der Waals surface area contributed by atoms with E-state index in [4.69, 9.17) is 0 Å². The van der Waals surface area contributed by atoms with Gasteiger partial charge in [-0.05, 0) is 56.7 Å². The monoisotopic (exact) mass is 354 g/mol. The van der Waals surface area contributed by atoms with Crippen molar-refractivity contribution >= 4 is 0 Å². The molecule has 0 saturated heterocycles. The lowest BCUT2D eigenvalue weighted by atomic mass is 9.68. The highest BCUT2D eigenvalue weighted by molar-refractivity contribution is 5.78. The van der Waals surface area contributed by atoms with Crippen LogP contribution in [0.1, 0.15) is 79.0 Å². The van der Waals surface area contributed by atoms with Crippen LogP contribution < -0.4 is 0 Å². The summed E-state index contributed by atoms with van der Waals surface area (Å²) in [4.78, 5) is 0. The SMILES string of the molecule is CC(C)(C)c1cc(O)c(C(C)(C)C)c(C(C)(C)C)c1-c1ccc(O)cc1. The summed E-state index contributed by atoms with van der Waals surface area (Å²) >= 11 is 0. The third-order valence-corrected chi connectivity index (χ3v) is 4.77. The van der Waals surface area contributed by atoms with Crippen molar-refractivity contribution in [2.75, 3.05) is 0 Å². The molecule has 2 heteroatoms. The van der Waals surface area contributed by atoms with Gasteiger partial charge in [0.15, 0.2) is 0 Å². The van der Waals surface area contributed by atoms with Crippen molar-refractivity contribution < 1.29 is 10.2 Å². The van der Waals surface area contributed by atoms with E-state index in [1.165, 1.54) is 11.1 Å². The van der Waals surface area contributed by atoms with Crippen molar-refractivity contribution in [3.8, 4) is 22.6 Å². The average molecular weight is 355 g/mol. The molecule has 0 aromatic heterocycles. The Morgan fingerprint density at radius 3 is 1.46 bits per heavy atom. The minimum Gasteiger partial charge on any atom is -0.508 e. The highest BCUT2D eigenvalue weighted by atomic mass is 16.3. The first-order valence-corrected chi connectivity index (χ1v) is 9.35. The quantitative estimate of drug-likeness (QED) is 0.601. The van der Waals surface area contributed by atoms with Crippen LogP contribution in [-0.4, -0.2) is 10.2 Å². The maximum absolute atomic E-state index is 11.0. The lowest BCUT2D eigenvalue weighted by Gasteiger charge is -2.37. The molecule has 2 aromatic carbocycles. The van der Waals surface area contributed by atoms with Gasteiger partial charge in [-0.2, -0.15) is 0 Å². The standard InChI is InChI=1S/C24H34O2/c1-22(2,3)17-14-18(26)20(23(4,5)6)21(24(7,8)9)19(17)15-10-12-16(25)13-11-15/h10-14,25-26H,1-9H3. The summed E-state index contributed by atoms with van der Waals surface area (Å²) in [6.45, 7) is 19.6. The fourth-order valence-corrected chi connectivity index (χ4v) is 3.70. The molecular formula is C24H34O2. The van der Waals surface area contributed by atoms with E-state index in [-0.39, 0.29) is 22.0 Å². The molecule has 0 amide bonds. The smallest absolute Gasteiger partial charge is 0.119 e. The fourth-order valence-electron chi connectivity index (χ4n) is 3.70. The zero-order valence-electron chi connectivity index (χ0n) is 17.8. The Kier molecular flexibility index (Phi) is 4.96. The van der Waals surface area contributed by atoms with E-state index in [1.807, 2.05) is 18.2 Å². The maximum atomic E-state index is 11.0. The number of benzene rings is 2. The second-order valence-electron chi connectivity index (χ2n) is 10.4. The van der Waals surface area contributed by atoms with Crippen LogP contribution in [0.15, 0.2) is 30.3 Å². The Morgan fingerprint density at radius 2 is 1.08 bits per heavy atom. The van der Waals surface area contributed by atoms with Crippen LogP contribution in [0.2, 0.25) is 0 Å². The minimum absolute atomic E-state index is 0.124. The molecule has 0 atom stereocenters. The van der Waals surface area contributed by atoms with Crippen LogP contribution in [0, 0.1) is 0 Å². The summed E-state index contributed by atoms with van der Waals surface area (Å²) in [5.74, 6) is 0.632. The van der Waals surface area contributed by atoms with Crippen LogP contribution >= 0.6 is 0 Å². The first-order chi connectivity index (χ1) is 11.6. The summed E-state index contributed by atoms with van der Waals surface area (Å²) in [6, 6.07) is 9.35. The van der Waals surface area contributed by atoms with Crippen molar-refractivity contribution in [1.82, 2.24) is 0 Å². The summed E-state index contributed by atoms with van der Waals surface area (Å²) in [5, 5.41) is 20.8. The van der Waals surface area contributed by atoms with Crippen molar-refractivity contribution in [3.05, 3.63) is 47.0 Å². The van der Waals surface area contributed by atoms with Gasteiger partial charge in [-0.3, -0.25) is 0 Å². The van der Waals surface area contributed by atoms with Gasteiger partial charge < -0.3 is 10.2 Å². The van der Waals surface area contributed by atoms with E-state index in [1.54, 1.807) is 12.1 Å². The van der Waals surface area contributed by atoms with Gasteiger partial charge in [0.1, 0.15) is 11.5 Å². The number of aromatic hydroxyl groups is 2. The summed E-state index contributed by atoms with van der Waals surface area (Å²) < 4.78 is 0. The molecule has 26 heavy (non-hydrogen) atoms. The molecule has 0 fully saturated rings. The van der Waals surface area contributed by atoms with E-state index in [0.29, 0.717) is 5.75 Å². The van der Waals surface area contributed by atoms with Crippen LogP contribution in [0.25, 0.3) is 11.1 Å². The molecule has 0 radical (unpaired) electrons. The molecule has 0 spiro atoms. The van der Waals surface area contributed by atoms with Crippen LogP contribution in [-0.2, 0) is 16.2 Å². The van der Waals surface area contributed by atoms with Gasteiger partial charge in [-0.15, -0.1) is 0 Å². The molecule has 0 aliphatic carbocycles. The molecule has 0 bridgehead atoms. The first kappa shape index (κ1) is 20.4. The lowest BCUT2D eigenvalue weighted by molar-refractivity contribution is 0.431. The molecule has 0 saturated carbocycles. The van der Waals surface area contributed by atoms with Crippen molar-refractivity contribution in [2.24, 2.45) is 0 Å². The van der Waals surface area contributed by atoms with E-state index in [2.05, 4.69) is 62.3 Å². The van der Waals surface area contributed by atoms with Gasteiger partial charge in [-0.1, -0.05) is 74.4 Å². The van der Waals surface area contributed by atoms with Crippen LogP contribution in [0.4, 0.5) is 0 Å². The number of phenolic OH excluding ortho intramolecular Hbond substituents is 2. The van der Waals surface area contributed by atoms with Gasteiger partial charge in [0, 0.05) is 5.56 Å². The highest BCUT2D eigenvalue weighted by Crippen LogP contribution is 2.49. The van der Waals surface area contributed by atoms with Crippen LogP contribution in [0.5, 0.6) is 11.5 Å². The van der Waals surface area contributed by atoms with Gasteiger partial charge in [0.2, 0.25) is 0 Å². The van der Waals surface area contributed by atoms with Gasteiger partial charge >= 0.3 is 0 Å². The summed E-state index contributed by atoms with van der Waals surface area (Å²) in [6.07, 6.45) is 0. The van der Waals surface area contributed by atoms with E-state index in [0.717, 1.165) is 16.7 Å². The zero-order valence-corrected chi connectivity index (χ0v) is 17.8. The Labute approximate surface area is 158 Å². The first-order valence-electron chi connectivity index (χ1n) is 9.35. The van der Waals surface area contributed by atoms with Gasteiger partial charge in [0.05, 0.1) is 0 Å². The van der Waals surface area contributed by atoms with E-state index < -0.39 is 0 Å². The predicted octanol–water partition coefficient (Wildman–Crippen LogP) is 6.66. The Balaban J connectivity index is 3.09. The second-order valence-corrected chi connectivity index (χ2v) is 10.4. The number of phenols is 2. The molecule has 2 rings (SSSR count). The van der Waals surface area contributed by atoms with Gasteiger partial charge in [0.25, 0.3) is 0 Å². The van der Waals surface area contributed by atoms with E-state index in [9.17, 15) is 10.2 Å². The largest absolute Gasteiger partial charge is 0.508 e. The van der Waals surface area contributed by atoms with Crippen LogP contribution in [0.3, 0.4) is 0 Å². The topological polar surface area (TPSA) is 40.5 Å². The van der Waals surface area contributed by atoms with Crippen molar-refractivity contribution in [2.45, 2.75) is 78.6 Å². The molecule has 0 heterocycles. The van der Waals surface area contributed by atoms with Crippen molar-refractivity contribution in [3.63, 3.8) is 0 Å². The number of hydrogen-bond donors (Lipinski definition) is 2. The Bertz CT molecular complexity index is 793. The Morgan fingerprint density at radius 1 is 0.615 bits per heavy atom. The highest BCUT2D eigenvalue weighted by Gasteiger charge is 2.34. The number of hydrogen-bond acceptors (Lipinski definition) is 2. The van der Waals surface area contributed by atoms with E-state index >= 15 is 0 Å². The minimum atomic E-state index is -0.186. The molecule has 2 N–H and O–H groups in total. The second kappa shape index (κ2) is 6.33. The molecule has 2 aromatic rings. The Hall–Kier alpha value is -1.96. The molecule has 0 unspecified atom stereocenters.